The van der Waals surface area contributed by atoms with E-state index in [4.69, 9.17) is 5.84 Å². The molecular weight excluding hydrogens is 208 g/mol. The predicted molar refractivity (Wildman–Crippen MR) is 77.7 cm³/mol. The Morgan fingerprint density at radius 2 is 1.65 bits per heavy atom. The summed E-state index contributed by atoms with van der Waals surface area (Å²) in [5.74, 6) is 8.35. The van der Waals surface area contributed by atoms with Crippen molar-refractivity contribution in [3.05, 3.63) is 0 Å². The van der Waals surface area contributed by atoms with Gasteiger partial charge in [0.25, 0.3) is 0 Å². The summed E-state index contributed by atoms with van der Waals surface area (Å²) in [7, 11) is 1.98. The molecule has 1 aliphatic rings. The first-order valence-corrected chi connectivity index (χ1v) is 7.17. The van der Waals surface area contributed by atoms with E-state index in [2.05, 4.69) is 41.5 Å². The maximum absolute atomic E-state index is 5.80. The summed E-state index contributed by atoms with van der Waals surface area (Å²) in [6, 6.07) is 0. The Balaban J connectivity index is 0.000000366. The molecule has 1 fully saturated rings. The van der Waals surface area contributed by atoms with Crippen molar-refractivity contribution in [3.63, 3.8) is 0 Å². The number of hydrazine groups is 1. The standard InChI is InChI=1S/C9H20N2.C6H14/c1-8-5-4-6-9(2,7-8)11(3)10;1-5(2)6(3)4/h8H,4-7,10H2,1-3H3;5-6H,1-4H3. The van der Waals surface area contributed by atoms with Gasteiger partial charge in [-0.2, -0.15) is 0 Å². The van der Waals surface area contributed by atoms with Gasteiger partial charge in [0.15, 0.2) is 0 Å². The molecule has 1 rings (SSSR count). The molecule has 17 heavy (non-hydrogen) atoms. The summed E-state index contributed by atoms with van der Waals surface area (Å²) in [6.07, 6.45) is 5.22. The Hall–Kier alpha value is -0.0800. The largest absolute Gasteiger partial charge is 0.269 e. The lowest BCUT2D eigenvalue weighted by molar-refractivity contribution is 0.0713. The van der Waals surface area contributed by atoms with Crippen LogP contribution in [0.25, 0.3) is 0 Å². The molecule has 104 valence electrons. The van der Waals surface area contributed by atoms with Crippen LogP contribution in [0.3, 0.4) is 0 Å². The second-order valence-corrected chi connectivity index (χ2v) is 6.80. The zero-order chi connectivity index (χ0) is 13.6. The van der Waals surface area contributed by atoms with E-state index >= 15 is 0 Å². The van der Waals surface area contributed by atoms with Crippen molar-refractivity contribution in [2.75, 3.05) is 7.05 Å². The van der Waals surface area contributed by atoms with Crippen molar-refractivity contribution in [2.45, 2.75) is 72.8 Å². The maximum Gasteiger partial charge on any atom is 0.0323 e. The number of nitrogens with two attached hydrogens (primary N) is 1. The fraction of sp³-hybridized carbons (Fsp3) is 1.00. The molecule has 0 aromatic rings. The molecule has 1 aliphatic carbocycles. The van der Waals surface area contributed by atoms with Gasteiger partial charge < -0.3 is 0 Å². The fourth-order valence-corrected chi connectivity index (χ4v) is 2.11. The smallest absolute Gasteiger partial charge is 0.0323 e. The molecule has 2 N–H and O–H groups in total. The van der Waals surface area contributed by atoms with E-state index in [9.17, 15) is 0 Å². The molecule has 2 atom stereocenters. The minimum atomic E-state index is 0.262. The van der Waals surface area contributed by atoms with E-state index in [0.29, 0.717) is 0 Å². The van der Waals surface area contributed by atoms with Gasteiger partial charge in [0.2, 0.25) is 0 Å². The average molecular weight is 242 g/mol. The second-order valence-electron chi connectivity index (χ2n) is 6.80. The minimum absolute atomic E-state index is 0.262. The molecular formula is C15H34N2. The van der Waals surface area contributed by atoms with Crippen LogP contribution in [0.15, 0.2) is 0 Å². The summed E-state index contributed by atoms with van der Waals surface area (Å²) in [5, 5.41) is 1.89. The Kier molecular flexibility index (Phi) is 7.34. The number of nitrogens with zero attached hydrogens (tertiary/aromatic N) is 1. The van der Waals surface area contributed by atoms with Crippen molar-refractivity contribution in [2.24, 2.45) is 23.6 Å². The van der Waals surface area contributed by atoms with Crippen LogP contribution in [-0.4, -0.2) is 17.6 Å². The number of hydrogen-bond acceptors (Lipinski definition) is 2. The molecule has 0 amide bonds. The highest BCUT2D eigenvalue weighted by atomic mass is 15.4. The zero-order valence-corrected chi connectivity index (χ0v) is 13.1. The van der Waals surface area contributed by atoms with Crippen molar-refractivity contribution in [3.8, 4) is 0 Å². The maximum atomic E-state index is 5.80. The molecule has 2 heteroatoms. The highest BCUT2D eigenvalue weighted by Gasteiger charge is 2.32. The monoisotopic (exact) mass is 242 g/mol. The van der Waals surface area contributed by atoms with Gasteiger partial charge in [-0.15, -0.1) is 0 Å². The lowest BCUT2D eigenvalue weighted by Gasteiger charge is -2.41. The Morgan fingerprint density at radius 3 is 1.88 bits per heavy atom. The summed E-state index contributed by atoms with van der Waals surface area (Å²) in [4.78, 5) is 0. The van der Waals surface area contributed by atoms with Crippen LogP contribution in [0.4, 0.5) is 0 Å². The molecule has 0 saturated heterocycles. The van der Waals surface area contributed by atoms with Gasteiger partial charge in [-0.25, -0.2) is 5.01 Å². The molecule has 0 spiro atoms. The van der Waals surface area contributed by atoms with Gasteiger partial charge in [-0.3, -0.25) is 5.84 Å². The summed E-state index contributed by atoms with van der Waals surface area (Å²) in [6.45, 7) is 13.5. The van der Waals surface area contributed by atoms with Crippen LogP contribution < -0.4 is 5.84 Å². The Labute approximate surface area is 109 Å². The third-order valence-electron chi connectivity index (χ3n) is 4.39. The molecule has 0 aliphatic heterocycles. The minimum Gasteiger partial charge on any atom is -0.269 e. The van der Waals surface area contributed by atoms with Crippen LogP contribution in [0, 0.1) is 17.8 Å². The van der Waals surface area contributed by atoms with Crippen LogP contribution >= 0.6 is 0 Å². The van der Waals surface area contributed by atoms with Crippen molar-refractivity contribution in [1.29, 1.82) is 0 Å². The van der Waals surface area contributed by atoms with Crippen LogP contribution in [0.1, 0.15) is 67.2 Å². The highest BCUT2D eigenvalue weighted by Crippen LogP contribution is 2.34. The van der Waals surface area contributed by atoms with Crippen molar-refractivity contribution >= 4 is 0 Å². The lowest BCUT2D eigenvalue weighted by Crippen LogP contribution is -2.50. The second kappa shape index (κ2) is 7.38. The first-order chi connectivity index (χ1) is 7.69. The normalized spacial score (nSPS) is 29.5. The highest BCUT2D eigenvalue weighted by molar-refractivity contribution is 4.87. The number of hydrogen-bond donors (Lipinski definition) is 1. The van der Waals surface area contributed by atoms with Crippen molar-refractivity contribution < 1.29 is 0 Å². The molecule has 0 heterocycles. The van der Waals surface area contributed by atoms with Gasteiger partial charge in [0.1, 0.15) is 0 Å². The fourth-order valence-electron chi connectivity index (χ4n) is 2.11. The van der Waals surface area contributed by atoms with Crippen molar-refractivity contribution in [1.82, 2.24) is 5.01 Å². The first-order valence-electron chi connectivity index (χ1n) is 7.17. The topological polar surface area (TPSA) is 29.3 Å². The molecule has 0 aromatic carbocycles. The summed E-state index contributed by atoms with van der Waals surface area (Å²) in [5.41, 5.74) is 0.262. The molecule has 0 bridgehead atoms. The van der Waals surface area contributed by atoms with E-state index in [0.717, 1.165) is 17.8 Å². The average Bonchev–Trinajstić information content (AvgIpc) is 2.17. The summed E-state index contributed by atoms with van der Waals surface area (Å²) < 4.78 is 0. The quantitative estimate of drug-likeness (QED) is 0.584. The lowest BCUT2D eigenvalue weighted by atomic mass is 9.77. The van der Waals surface area contributed by atoms with Gasteiger partial charge >= 0.3 is 0 Å². The number of rotatable bonds is 2. The molecule has 2 nitrogen and oxygen atoms in total. The van der Waals surface area contributed by atoms with E-state index in [1.54, 1.807) is 0 Å². The first kappa shape index (κ1) is 16.9. The third kappa shape index (κ3) is 6.42. The van der Waals surface area contributed by atoms with Gasteiger partial charge in [-0.1, -0.05) is 47.5 Å². The zero-order valence-electron chi connectivity index (χ0n) is 13.1. The van der Waals surface area contributed by atoms with E-state index in [-0.39, 0.29) is 5.54 Å². The molecule has 0 aromatic heterocycles. The predicted octanol–water partition coefficient (Wildman–Crippen LogP) is 4.06. The van der Waals surface area contributed by atoms with Crippen LogP contribution in [0.5, 0.6) is 0 Å². The third-order valence-corrected chi connectivity index (χ3v) is 4.39. The van der Waals surface area contributed by atoms with Gasteiger partial charge in [-0.05, 0) is 37.5 Å². The Bertz CT molecular complexity index is 193. The molecule has 0 radical (unpaired) electrons. The van der Waals surface area contributed by atoms with E-state index < -0.39 is 0 Å². The summed E-state index contributed by atoms with van der Waals surface area (Å²) >= 11 is 0. The molecule has 1 saturated carbocycles. The van der Waals surface area contributed by atoms with E-state index in [1.807, 2.05) is 12.1 Å². The SMILES string of the molecule is CC(C)C(C)C.CC1CCCC(C)(N(C)N)C1. The van der Waals surface area contributed by atoms with Gasteiger partial charge in [0.05, 0.1) is 0 Å². The molecule has 2 unspecified atom stereocenters. The van der Waals surface area contributed by atoms with Crippen LogP contribution in [0.2, 0.25) is 0 Å². The van der Waals surface area contributed by atoms with Crippen LogP contribution in [-0.2, 0) is 0 Å². The van der Waals surface area contributed by atoms with E-state index in [1.165, 1.54) is 25.7 Å². The van der Waals surface area contributed by atoms with Gasteiger partial charge in [0, 0.05) is 12.6 Å². The Morgan fingerprint density at radius 1 is 1.18 bits per heavy atom.